The Labute approximate surface area is 242 Å². The molecule has 9 heteroatoms. The normalized spacial score (nSPS) is 10.9. The highest BCUT2D eigenvalue weighted by Gasteiger charge is 2.19. The van der Waals surface area contributed by atoms with Gasteiger partial charge in [0, 0.05) is 10.4 Å². The lowest BCUT2D eigenvalue weighted by molar-refractivity contribution is 0.0968. The highest BCUT2D eigenvalue weighted by Crippen LogP contribution is 2.27. The highest BCUT2D eigenvalue weighted by atomic mass is 79.9. The fourth-order valence-corrected chi connectivity index (χ4v) is 6.20. The number of Topliss-reactive ketones (excluding diaryl/α,β-unsaturated/α-hetero) is 1. The van der Waals surface area contributed by atoms with Crippen molar-refractivity contribution in [2.75, 3.05) is 7.11 Å². The minimum atomic E-state index is -0.540. The first kappa shape index (κ1) is 27.3. The van der Waals surface area contributed by atoms with Crippen LogP contribution in [0.4, 0.5) is 0 Å². The van der Waals surface area contributed by atoms with Gasteiger partial charge in [0.1, 0.15) is 10.6 Å². The fourth-order valence-electron chi connectivity index (χ4n) is 4.58. The molecule has 2 heterocycles. The molecule has 0 bridgehead atoms. The van der Waals surface area contributed by atoms with Crippen LogP contribution in [0.1, 0.15) is 33.3 Å². The highest BCUT2D eigenvalue weighted by molar-refractivity contribution is 9.10. The van der Waals surface area contributed by atoms with Crippen molar-refractivity contribution in [2.24, 2.45) is 0 Å². The van der Waals surface area contributed by atoms with Gasteiger partial charge >= 0.3 is 5.69 Å². The lowest BCUT2D eigenvalue weighted by atomic mass is 9.99. The van der Waals surface area contributed by atoms with Gasteiger partial charge in [0.15, 0.2) is 5.78 Å². The van der Waals surface area contributed by atoms with E-state index >= 15 is 0 Å². The standard InChI is InChI=1S/C31H24BrN3O4S/c1-3-23-15-25-29(37)34(18-27(36)21-12-13-28(39-2)26(32)14-21)31(38)35(30(25)40-23)17-19-8-10-20(11-9-19)24-7-5-4-6-22(24)16-33/h4-15H,3,17-18H2,1-2H3. The van der Waals surface area contributed by atoms with Crippen molar-refractivity contribution in [2.45, 2.75) is 26.4 Å². The van der Waals surface area contributed by atoms with Crippen molar-refractivity contribution < 1.29 is 9.53 Å². The van der Waals surface area contributed by atoms with Crippen molar-refractivity contribution in [3.05, 3.63) is 120 Å². The van der Waals surface area contributed by atoms with Crippen LogP contribution < -0.4 is 16.0 Å². The topological polar surface area (TPSA) is 94.1 Å². The molecule has 200 valence electrons. The molecular weight excluding hydrogens is 590 g/mol. The van der Waals surface area contributed by atoms with Crippen LogP contribution in [0.2, 0.25) is 0 Å². The van der Waals surface area contributed by atoms with Crippen molar-refractivity contribution >= 4 is 43.3 Å². The van der Waals surface area contributed by atoms with Crippen molar-refractivity contribution in [3.8, 4) is 22.9 Å². The molecule has 7 nitrogen and oxygen atoms in total. The number of fused-ring (bicyclic) bond motifs is 1. The molecule has 0 radical (unpaired) electrons. The third-order valence-electron chi connectivity index (χ3n) is 6.72. The van der Waals surface area contributed by atoms with E-state index in [0.717, 1.165) is 32.6 Å². The largest absolute Gasteiger partial charge is 0.496 e. The number of aromatic nitrogens is 2. The van der Waals surface area contributed by atoms with Crippen molar-refractivity contribution in [1.82, 2.24) is 9.13 Å². The van der Waals surface area contributed by atoms with Crippen molar-refractivity contribution in [3.63, 3.8) is 0 Å². The summed E-state index contributed by atoms with van der Waals surface area (Å²) in [5.41, 5.74) is 2.50. The maximum atomic E-state index is 13.7. The summed E-state index contributed by atoms with van der Waals surface area (Å²) in [6.07, 6.45) is 0.721. The number of aryl methyl sites for hydroxylation is 1. The molecule has 0 amide bonds. The number of halogens is 1. The summed E-state index contributed by atoms with van der Waals surface area (Å²) in [7, 11) is 1.53. The van der Waals surface area contributed by atoms with Gasteiger partial charge in [-0.3, -0.25) is 18.7 Å². The van der Waals surface area contributed by atoms with Gasteiger partial charge in [0.25, 0.3) is 5.56 Å². The first-order valence-corrected chi connectivity index (χ1v) is 14.2. The molecule has 0 unspecified atom stereocenters. The molecule has 3 aromatic carbocycles. The number of methoxy groups -OCH3 is 1. The summed E-state index contributed by atoms with van der Waals surface area (Å²) >= 11 is 4.80. The third-order valence-corrected chi connectivity index (χ3v) is 8.65. The Morgan fingerprint density at radius 1 is 1.02 bits per heavy atom. The van der Waals surface area contributed by atoms with E-state index in [4.69, 9.17) is 4.74 Å². The first-order valence-electron chi connectivity index (χ1n) is 12.6. The van der Waals surface area contributed by atoms with E-state index in [9.17, 15) is 19.6 Å². The molecule has 0 atom stereocenters. The molecule has 0 N–H and O–H groups in total. The second-order valence-corrected chi connectivity index (χ2v) is 11.1. The second-order valence-electron chi connectivity index (χ2n) is 9.17. The van der Waals surface area contributed by atoms with Gasteiger partial charge in [-0.1, -0.05) is 49.4 Å². The number of ether oxygens (including phenoxy) is 1. The SMILES string of the molecule is CCc1cc2c(=O)n(CC(=O)c3ccc(OC)c(Br)c3)c(=O)n(Cc3ccc(-c4ccccc4C#N)cc3)c2s1. The zero-order chi connectivity index (χ0) is 28.4. The zero-order valence-corrected chi connectivity index (χ0v) is 24.2. The number of benzene rings is 3. The summed E-state index contributed by atoms with van der Waals surface area (Å²) in [6.45, 7) is 1.84. The molecule has 0 fully saturated rings. The fraction of sp³-hybridized carbons (Fsp3) is 0.161. The molecule has 40 heavy (non-hydrogen) atoms. The number of carbonyl (C=O) groups is 1. The Morgan fingerprint density at radius 3 is 2.45 bits per heavy atom. The molecule has 5 rings (SSSR count). The second kappa shape index (κ2) is 11.5. The van der Waals surface area contributed by atoms with E-state index in [-0.39, 0.29) is 18.9 Å². The van der Waals surface area contributed by atoms with Gasteiger partial charge in [0.2, 0.25) is 0 Å². The van der Waals surface area contributed by atoms with Crippen LogP contribution >= 0.6 is 27.3 Å². The molecule has 0 spiro atoms. The van der Waals surface area contributed by atoms with Gasteiger partial charge in [-0.05, 0) is 69.4 Å². The first-order chi connectivity index (χ1) is 19.3. The van der Waals surface area contributed by atoms with Crippen LogP contribution in [0, 0.1) is 11.3 Å². The molecule has 0 aliphatic heterocycles. The number of hydrogen-bond donors (Lipinski definition) is 0. The van der Waals surface area contributed by atoms with E-state index in [2.05, 4.69) is 22.0 Å². The monoisotopic (exact) mass is 613 g/mol. The average molecular weight is 615 g/mol. The molecule has 0 saturated carbocycles. The van der Waals surface area contributed by atoms with E-state index in [1.807, 2.05) is 55.5 Å². The number of carbonyl (C=O) groups excluding carboxylic acids is 1. The Morgan fingerprint density at radius 2 is 1.77 bits per heavy atom. The van der Waals surface area contributed by atoms with Crippen LogP contribution in [0.25, 0.3) is 21.3 Å². The number of nitrogens with zero attached hydrogens (tertiary/aromatic N) is 3. The molecule has 2 aromatic heterocycles. The Hall–Kier alpha value is -4.26. The average Bonchev–Trinajstić information content (AvgIpc) is 3.42. The summed E-state index contributed by atoms with van der Waals surface area (Å²) in [4.78, 5) is 41.9. The van der Waals surface area contributed by atoms with E-state index < -0.39 is 11.2 Å². The lowest BCUT2D eigenvalue weighted by Gasteiger charge is -2.13. The maximum Gasteiger partial charge on any atom is 0.332 e. The number of hydrogen-bond acceptors (Lipinski definition) is 6. The quantitative estimate of drug-likeness (QED) is 0.199. The van der Waals surface area contributed by atoms with Gasteiger partial charge in [-0.2, -0.15) is 5.26 Å². The van der Waals surface area contributed by atoms with E-state index in [1.54, 1.807) is 28.8 Å². The summed E-state index contributed by atoms with van der Waals surface area (Å²) in [5.74, 6) is 0.213. The Bertz CT molecular complexity index is 1910. The number of thiophene rings is 1. The number of nitriles is 1. The van der Waals surface area contributed by atoms with Crippen LogP contribution in [-0.4, -0.2) is 22.0 Å². The molecular formula is C31H24BrN3O4S. The molecule has 0 aliphatic rings. The van der Waals surface area contributed by atoms with Crippen LogP contribution in [0.15, 0.2) is 86.9 Å². The summed E-state index contributed by atoms with van der Waals surface area (Å²) in [6, 6.07) is 24.0. The predicted molar refractivity (Wildman–Crippen MR) is 160 cm³/mol. The third kappa shape index (κ3) is 5.16. The van der Waals surface area contributed by atoms with Gasteiger partial charge in [0.05, 0.1) is 41.7 Å². The molecule has 5 aromatic rings. The molecule has 0 saturated heterocycles. The van der Waals surface area contributed by atoms with Crippen LogP contribution in [0.3, 0.4) is 0 Å². The zero-order valence-electron chi connectivity index (χ0n) is 21.8. The van der Waals surface area contributed by atoms with Gasteiger partial charge < -0.3 is 4.74 Å². The minimum Gasteiger partial charge on any atom is -0.496 e. The smallest absolute Gasteiger partial charge is 0.332 e. The van der Waals surface area contributed by atoms with Crippen LogP contribution in [0.5, 0.6) is 5.75 Å². The van der Waals surface area contributed by atoms with Gasteiger partial charge in [-0.25, -0.2) is 4.79 Å². The van der Waals surface area contributed by atoms with Crippen molar-refractivity contribution in [1.29, 1.82) is 5.26 Å². The summed E-state index contributed by atoms with van der Waals surface area (Å²) < 4.78 is 8.42. The van der Waals surface area contributed by atoms with Crippen LogP contribution in [-0.2, 0) is 19.5 Å². The maximum absolute atomic E-state index is 13.7. The molecule has 0 aliphatic carbocycles. The summed E-state index contributed by atoms with van der Waals surface area (Å²) in [5, 5.41) is 9.88. The number of rotatable bonds is 8. The Balaban J connectivity index is 1.54. The Kier molecular flexibility index (Phi) is 7.83. The lowest BCUT2D eigenvalue weighted by Crippen LogP contribution is -2.41. The number of ketones is 1. The van der Waals surface area contributed by atoms with E-state index in [0.29, 0.717) is 31.6 Å². The predicted octanol–water partition coefficient (Wildman–Crippen LogP) is 6.03. The van der Waals surface area contributed by atoms with Gasteiger partial charge in [-0.15, -0.1) is 11.3 Å². The minimum absolute atomic E-state index is 0.224. The van der Waals surface area contributed by atoms with E-state index in [1.165, 1.54) is 18.4 Å².